The second kappa shape index (κ2) is 7.84. The van der Waals surface area contributed by atoms with Crippen molar-refractivity contribution in [1.29, 1.82) is 0 Å². The Morgan fingerprint density at radius 3 is 2.69 bits per heavy atom. The van der Waals surface area contributed by atoms with Crippen molar-refractivity contribution < 1.29 is 19.8 Å². The van der Waals surface area contributed by atoms with Gasteiger partial charge in [0.1, 0.15) is 6.04 Å². The van der Waals surface area contributed by atoms with Crippen LogP contribution in [0.5, 0.6) is 0 Å². The van der Waals surface area contributed by atoms with E-state index in [-0.39, 0.29) is 18.9 Å². The molecule has 2 amide bonds. The molecule has 1 aromatic heterocycles. The molecule has 1 aliphatic heterocycles. The average molecular weight is 375 g/mol. The highest BCUT2D eigenvalue weighted by Gasteiger charge is 2.38. The van der Waals surface area contributed by atoms with E-state index in [0.717, 1.165) is 26.6 Å². The molecule has 1 aromatic carbocycles. The Morgan fingerprint density at radius 2 is 2.08 bits per heavy atom. The van der Waals surface area contributed by atoms with Gasteiger partial charge in [0.2, 0.25) is 5.91 Å². The largest absolute Gasteiger partial charge is 0.465 e. The molecule has 7 nitrogen and oxygen atoms in total. The Morgan fingerprint density at radius 1 is 1.35 bits per heavy atom. The standard InChI is InChI=1S/C18H21N3O4S/c1-11-16(26-10-20-11)13-4-2-12(3-5-13)6-7-19-17(23)15-8-14(22)9-21(15)18(24)25/h2-5,10,14-15,22H,6-9H2,1H3,(H,19,23)(H,24,25)/t14-,15+/m1/s1. The van der Waals surface area contributed by atoms with Gasteiger partial charge >= 0.3 is 6.09 Å². The van der Waals surface area contributed by atoms with Gasteiger partial charge in [0.15, 0.2) is 0 Å². The first-order valence-electron chi connectivity index (χ1n) is 8.40. The van der Waals surface area contributed by atoms with Gasteiger partial charge in [-0.2, -0.15) is 0 Å². The highest BCUT2D eigenvalue weighted by atomic mass is 32.1. The number of aromatic nitrogens is 1. The van der Waals surface area contributed by atoms with Gasteiger partial charge in [0.25, 0.3) is 0 Å². The molecule has 3 rings (SSSR count). The van der Waals surface area contributed by atoms with Crippen LogP contribution >= 0.6 is 11.3 Å². The fraction of sp³-hybridized carbons (Fsp3) is 0.389. The molecule has 0 saturated carbocycles. The lowest BCUT2D eigenvalue weighted by atomic mass is 10.1. The number of β-amino-alcohol motifs (C(OH)–C–C–N with tert-alkyl or cyclic N) is 1. The van der Waals surface area contributed by atoms with Gasteiger partial charge in [-0.25, -0.2) is 9.78 Å². The molecular formula is C18H21N3O4S. The molecule has 138 valence electrons. The number of carboxylic acid groups (broad SMARTS) is 1. The fourth-order valence-corrected chi connectivity index (χ4v) is 3.94. The molecule has 26 heavy (non-hydrogen) atoms. The van der Waals surface area contributed by atoms with Crippen molar-refractivity contribution in [3.05, 3.63) is 41.0 Å². The molecule has 0 unspecified atom stereocenters. The van der Waals surface area contributed by atoms with Gasteiger partial charge in [0.05, 0.1) is 28.7 Å². The zero-order valence-corrected chi connectivity index (χ0v) is 15.2. The number of thiazole rings is 1. The van der Waals surface area contributed by atoms with E-state index < -0.39 is 18.2 Å². The summed E-state index contributed by atoms with van der Waals surface area (Å²) in [5.41, 5.74) is 5.04. The Balaban J connectivity index is 1.52. The number of carbonyl (C=O) groups excluding carboxylic acids is 1. The summed E-state index contributed by atoms with van der Waals surface area (Å²) in [6.45, 7) is 2.37. The fourth-order valence-electron chi connectivity index (χ4n) is 3.12. The lowest BCUT2D eigenvalue weighted by Crippen LogP contribution is -2.45. The maximum Gasteiger partial charge on any atom is 0.408 e. The quantitative estimate of drug-likeness (QED) is 0.741. The predicted molar refractivity (Wildman–Crippen MR) is 98.1 cm³/mol. The van der Waals surface area contributed by atoms with Gasteiger partial charge in [-0.1, -0.05) is 24.3 Å². The summed E-state index contributed by atoms with van der Waals surface area (Å²) in [5.74, 6) is -0.360. The minimum Gasteiger partial charge on any atom is -0.465 e. The topological polar surface area (TPSA) is 103 Å². The lowest BCUT2D eigenvalue weighted by Gasteiger charge is -2.20. The minimum atomic E-state index is -1.18. The highest BCUT2D eigenvalue weighted by Crippen LogP contribution is 2.27. The predicted octanol–water partition coefficient (Wildman–Crippen LogP) is 1.89. The summed E-state index contributed by atoms with van der Waals surface area (Å²) in [7, 11) is 0. The Hall–Kier alpha value is -2.45. The van der Waals surface area contributed by atoms with E-state index in [4.69, 9.17) is 5.11 Å². The summed E-state index contributed by atoms with van der Waals surface area (Å²) in [6, 6.07) is 7.29. The number of amides is 2. The van der Waals surface area contributed by atoms with Crippen LogP contribution in [0, 0.1) is 6.92 Å². The van der Waals surface area contributed by atoms with E-state index in [1.54, 1.807) is 11.3 Å². The molecule has 1 fully saturated rings. The molecule has 8 heteroatoms. The van der Waals surface area contributed by atoms with Gasteiger partial charge in [-0.15, -0.1) is 11.3 Å². The number of hydrogen-bond donors (Lipinski definition) is 3. The third kappa shape index (κ3) is 4.03. The molecule has 1 aliphatic rings. The summed E-state index contributed by atoms with van der Waals surface area (Å²) in [5, 5.41) is 21.5. The Kier molecular flexibility index (Phi) is 5.53. The molecule has 0 bridgehead atoms. The van der Waals surface area contributed by atoms with Crippen LogP contribution in [0.25, 0.3) is 10.4 Å². The highest BCUT2D eigenvalue weighted by molar-refractivity contribution is 7.13. The molecular weight excluding hydrogens is 354 g/mol. The zero-order chi connectivity index (χ0) is 18.7. The van der Waals surface area contributed by atoms with Crippen molar-refractivity contribution in [1.82, 2.24) is 15.2 Å². The lowest BCUT2D eigenvalue weighted by molar-refractivity contribution is -0.125. The van der Waals surface area contributed by atoms with E-state index in [9.17, 15) is 14.7 Å². The number of hydrogen-bond acceptors (Lipinski definition) is 5. The summed E-state index contributed by atoms with van der Waals surface area (Å²) < 4.78 is 0. The summed E-state index contributed by atoms with van der Waals surface area (Å²) in [4.78, 5) is 29.7. The first-order valence-corrected chi connectivity index (χ1v) is 9.28. The number of aliphatic hydroxyl groups is 1. The second-order valence-corrected chi connectivity index (χ2v) is 7.20. The van der Waals surface area contributed by atoms with E-state index in [1.807, 2.05) is 36.7 Å². The Labute approximate surface area is 155 Å². The number of likely N-dealkylation sites (tertiary alicyclic amines) is 1. The number of aryl methyl sites for hydroxylation is 1. The van der Waals surface area contributed by atoms with Gasteiger partial charge in [-0.3, -0.25) is 9.69 Å². The van der Waals surface area contributed by atoms with Crippen molar-refractivity contribution in [2.45, 2.75) is 31.9 Å². The summed E-state index contributed by atoms with van der Waals surface area (Å²) in [6.07, 6.45) is -1.18. The molecule has 3 N–H and O–H groups in total. The molecule has 2 aromatic rings. The van der Waals surface area contributed by atoms with Crippen molar-refractivity contribution >= 4 is 23.3 Å². The first-order chi connectivity index (χ1) is 12.5. The second-order valence-electron chi connectivity index (χ2n) is 6.35. The van der Waals surface area contributed by atoms with Gasteiger partial charge < -0.3 is 15.5 Å². The van der Waals surface area contributed by atoms with Crippen molar-refractivity contribution in [2.24, 2.45) is 0 Å². The van der Waals surface area contributed by atoms with E-state index >= 15 is 0 Å². The van der Waals surface area contributed by atoms with Crippen LogP contribution < -0.4 is 5.32 Å². The minimum absolute atomic E-state index is 0.0219. The molecule has 1 saturated heterocycles. The SMILES string of the molecule is Cc1ncsc1-c1ccc(CCNC(=O)[C@@H]2C[C@@H](O)CN2C(=O)O)cc1. The van der Waals surface area contributed by atoms with Crippen LogP contribution in [0.15, 0.2) is 29.8 Å². The molecule has 0 radical (unpaired) electrons. The van der Waals surface area contributed by atoms with Crippen molar-refractivity contribution in [3.8, 4) is 10.4 Å². The number of benzene rings is 1. The van der Waals surface area contributed by atoms with E-state index in [1.165, 1.54) is 0 Å². The molecule has 0 aliphatic carbocycles. The molecule has 2 heterocycles. The normalized spacial score (nSPS) is 19.5. The van der Waals surface area contributed by atoms with Crippen LogP contribution in [-0.2, 0) is 11.2 Å². The van der Waals surface area contributed by atoms with Crippen molar-refractivity contribution in [2.75, 3.05) is 13.1 Å². The van der Waals surface area contributed by atoms with Crippen LogP contribution in [0.2, 0.25) is 0 Å². The maximum absolute atomic E-state index is 12.2. The van der Waals surface area contributed by atoms with Crippen LogP contribution in [0.3, 0.4) is 0 Å². The van der Waals surface area contributed by atoms with Crippen molar-refractivity contribution in [3.63, 3.8) is 0 Å². The first kappa shape index (κ1) is 18.3. The third-order valence-electron chi connectivity index (χ3n) is 4.50. The maximum atomic E-state index is 12.2. The van der Waals surface area contributed by atoms with Gasteiger partial charge in [-0.05, 0) is 24.5 Å². The zero-order valence-electron chi connectivity index (χ0n) is 14.4. The average Bonchev–Trinajstić information content (AvgIpc) is 3.21. The number of nitrogens with zero attached hydrogens (tertiary/aromatic N) is 2. The third-order valence-corrected chi connectivity index (χ3v) is 5.48. The monoisotopic (exact) mass is 375 g/mol. The van der Waals surface area contributed by atoms with Crippen LogP contribution in [0.1, 0.15) is 17.7 Å². The van der Waals surface area contributed by atoms with E-state index in [0.29, 0.717) is 13.0 Å². The van der Waals surface area contributed by atoms with E-state index in [2.05, 4.69) is 10.3 Å². The van der Waals surface area contributed by atoms with Crippen LogP contribution in [0.4, 0.5) is 4.79 Å². The molecule has 2 atom stereocenters. The number of carbonyl (C=O) groups is 2. The Bertz CT molecular complexity index is 790. The smallest absolute Gasteiger partial charge is 0.408 e. The van der Waals surface area contributed by atoms with Crippen LogP contribution in [-0.4, -0.2) is 57.3 Å². The number of nitrogens with one attached hydrogen (secondary N) is 1. The molecule has 0 spiro atoms. The summed E-state index contributed by atoms with van der Waals surface area (Å²) >= 11 is 1.61. The van der Waals surface area contributed by atoms with Gasteiger partial charge in [0, 0.05) is 13.0 Å². The number of rotatable bonds is 5. The number of aliphatic hydroxyl groups excluding tert-OH is 1.